The monoisotopic (exact) mass is 330 g/mol. The lowest BCUT2D eigenvalue weighted by Gasteiger charge is -2.29. The molecule has 0 aliphatic heterocycles. The van der Waals surface area contributed by atoms with Gasteiger partial charge in [0.25, 0.3) is 0 Å². The van der Waals surface area contributed by atoms with Crippen LogP contribution in [-0.2, 0) is 12.8 Å². The molecule has 0 saturated heterocycles. The summed E-state index contributed by atoms with van der Waals surface area (Å²) in [4.78, 5) is 0. The number of methoxy groups -OCH3 is 1. The van der Waals surface area contributed by atoms with Crippen molar-refractivity contribution in [3.05, 3.63) is 65.7 Å². The van der Waals surface area contributed by atoms with Crippen molar-refractivity contribution in [2.24, 2.45) is 0 Å². The number of aliphatic hydroxyl groups excluding tert-OH is 1. The summed E-state index contributed by atoms with van der Waals surface area (Å²) in [5.74, 6) is 0.648. The summed E-state index contributed by atoms with van der Waals surface area (Å²) in [5.41, 5.74) is 0.193. The van der Waals surface area contributed by atoms with E-state index in [1.54, 1.807) is 36.4 Å². The van der Waals surface area contributed by atoms with Gasteiger partial charge in [-0.3, -0.25) is 0 Å². The second-order valence-corrected chi connectivity index (χ2v) is 5.81. The second kappa shape index (κ2) is 7.38. The van der Waals surface area contributed by atoms with Crippen molar-refractivity contribution < 1.29 is 25.2 Å². The number of benzene rings is 2. The second-order valence-electron chi connectivity index (χ2n) is 5.81. The van der Waals surface area contributed by atoms with E-state index in [1.807, 2.05) is 0 Å². The smallest absolute Gasteiger partial charge is 0.122 e. The Kier molecular flexibility index (Phi) is 5.49. The summed E-state index contributed by atoms with van der Waals surface area (Å²) in [6.07, 6.45) is 0.366. The normalized spacial score (nSPS) is 13.3. The maximum Gasteiger partial charge on any atom is 0.122 e. The van der Waals surface area contributed by atoms with Gasteiger partial charge in [0.2, 0.25) is 0 Å². The fourth-order valence-corrected chi connectivity index (χ4v) is 2.45. The molecule has 5 nitrogen and oxygen atoms in total. The highest BCUT2D eigenvalue weighted by molar-refractivity contribution is 5.42. The van der Waals surface area contributed by atoms with Gasteiger partial charge in [-0.05, 0) is 41.3 Å². The average molecular weight is 330 g/mol. The van der Waals surface area contributed by atoms with Crippen molar-refractivity contribution in [2.75, 3.05) is 13.7 Å². The van der Waals surface area contributed by atoms with Gasteiger partial charge in [0.1, 0.15) is 22.8 Å². The van der Waals surface area contributed by atoms with Gasteiger partial charge in [-0.25, -0.2) is 0 Å². The Bertz CT molecular complexity index is 708. The van der Waals surface area contributed by atoms with Crippen LogP contribution >= 0.6 is 0 Å². The quantitative estimate of drug-likeness (QED) is 0.584. The van der Waals surface area contributed by atoms with E-state index >= 15 is 0 Å². The Labute approximate surface area is 141 Å². The zero-order valence-corrected chi connectivity index (χ0v) is 13.6. The van der Waals surface area contributed by atoms with Crippen LogP contribution in [0.3, 0.4) is 0 Å². The van der Waals surface area contributed by atoms with Crippen LogP contribution in [0.15, 0.2) is 54.6 Å². The van der Waals surface area contributed by atoms with Gasteiger partial charge in [-0.2, -0.15) is 0 Å². The van der Waals surface area contributed by atoms with E-state index < -0.39 is 12.2 Å². The van der Waals surface area contributed by atoms with E-state index in [-0.39, 0.29) is 17.9 Å². The molecule has 1 atom stereocenters. The first kappa shape index (κ1) is 17.8. The van der Waals surface area contributed by atoms with Crippen LogP contribution in [0, 0.1) is 0 Å². The van der Waals surface area contributed by atoms with E-state index in [9.17, 15) is 20.4 Å². The number of phenolic OH excluding ortho intramolecular Hbond substituents is 2. The summed E-state index contributed by atoms with van der Waals surface area (Å²) in [5, 5.41) is 39.8. The molecule has 0 amide bonds. The number of aliphatic hydroxyl groups is 2. The number of ether oxygens (including phenoxy) is 1. The molecule has 0 fully saturated rings. The number of aromatic hydroxyl groups is 2. The van der Waals surface area contributed by atoms with E-state index in [0.717, 1.165) is 5.56 Å². The first-order chi connectivity index (χ1) is 11.4. The maximum absolute atomic E-state index is 10.8. The lowest BCUT2D eigenvalue weighted by Crippen LogP contribution is -2.38. The number of phenols is 2. The predicted molar refractivity (Wildman–Crippen MR) is 91.3 cm³/mol. The highest BCUT2D eigenvalue weighted by atomic mass is 16.5. The summed E-state index contributed by atoms with van der Waals surface area (Å²) in [6.45, 7) is 3.38. The van der Waals surface area contributed by atoms with Gasteiger partial charge in [0, 0.05) is 12.5 Å². The molecule has 1 unspecified atom stereocenters. The number of rotatable bonds is 7. The Morgan fingerprint density at radius 3 is 2.33 bits per heavy atom. The largest absolute Gasteiger partial charge is 0.508 e. The molecule has 4 N–H and O–H groups in total. The van der Waals surface area contributed by atoms with Crippen LogP contribution < -0.4 is 4.74 Å². The Balaban J connectivity index is 2.17. The zero-order valence-electron chi connectivity index (χ0n) is 13.6. The maximum atomic E-state index is 10.8. The standard InChI is InChI=1S/C19H22O5/c1-13(9-14-3-6-16(21)7-4-14)19(23,12-20)11-15-5-8-17(24-2)10-18(15)22/h3-8,10,20-23H,1,9,11-12H2,2H3. The highest BCUT2D eigenvalue weighted by Crippen LogP contribution is 2.30. The van der Waals surface area contributed by atoms with Crippen molar-refractivity contribution in [2.45, 2.75) is 18.4 Å². The zero-order chi connectivity index (χ0) is 17.7. The van der Waals surface area contributed by atoms with Crippen molar-refractivity contribution >= 4 is 0 Å². The fourth-order valence-electron chi connectivity index (χ4n) is 2.45. The van der Waals surface area contributed by atoms with Crippen LogP contribution in [0.4, 0.5) is 0 Å². The van der Waals surface area contributed by atoms with Gasteiger partial charge in [-0.1, -0.05) is 24.8 Å². The van der Waals surface area contributed by atoms with Crippen LogP contribution in [-0.4, -0.2) is 39.7 Å². The first-order valence-electron chi connectivity index (χ1n) is 7.53. The van der Waals surface area contributed by atoms with E-state index in [1.165, 1.54) is 13.2 Å². The van der Waals surface area contributed by atoms with Crippen molar-refractivity contribution in [1.82, 2.24) is 0 Å². The molecule has 2 aromatic rings. The lowest BCUT2D eigenvalue weighted by atomic mass is 9.85. The molecular formula is C19H22O5. The van der Waals surface area contributed by atoms with Gasteiger partial charge in [0.15, 0.2) is 0 Å². The predicted octanol–water partition coefficient (Wildman–Crippen LogP) is 2.17. The van der Waals surface area contributed by atoms with Gasteiger partial charge in [0.05, 0.1) is 13.7 Å². The van der Waals surface area contributed by atoms with Gasteiger partial charge < -0.3 is 25.2 Å². The molecule has 0 aliphatic rings. The van der Waals surface area contributed by atoms with Gasteiger partial charge >= 0.3 is 0 Å². The Morgan fingerprint density at radius 2 is 1.79 bits per heavy atom. The molecule has 2 rings (SSSR count). The number of hydrogen-bond acceptors (Lipinski definition) is 5. The lowest BCUT2D eigenvalue weighted by molar-refractivity contribution is 0.0158. The molecule has 0 heterocycles. The summed E-state index contributed by atoms with van der Waals surface area (Å²) < 4.78 is 5.03. The van der Waals surface area contributed by atoms with Crippen molar-refractivity contribution in [1.29, 1.82) is 0 Å². The summed E-state index contributed by atoms with van der Waals surface area (Å²) in [7, 11) is 1.50. The Hall–Kier alpha value is -2.50. The molecule has 0 bridgehead atoms. The third kappa shape index (κ3) is 4.07. The first-order valence-corrected chi connectivity index (χ1v) is 7.53. The molecular weight excluding hydrogens is 308 g/mol. The molecule has 0 radical (unpaired) electrons. The van der Waals surface area contributed by atoms with E-state index in [0.29, 0.717) is 23.3 Å². The molecule has 0 aliphatic carbocycles. The minimum atomic E-state index is -1.57. The third-order valence-corrected chi connectivity index (χ3v) is 4.05. The molecule has 24 heavy (non-hydrogen) atoms. The van der Waals surface area contributed by atoms with E-state index in [4.69, 9.17) is 4.74 Å². The molecule has 0 saturated carbocycles. The molecule has 128 valence electrons. The average Bonchev–Trinajstić information content (AvgIpc) is 2.58. The number of hydrogen-bond donors (Lipinski definition) is 4. The van der Waals surface area contributed by atoms with Crippen molar-refractivity contribution in [3.63, 3.8) is 0 Å². The third-order valence-electron chi connectivity index (χ3n) is 4.05. The molecule has 2 aromatic carbocycles. The molecule has 5 heteroatoms. The van der Waals surface area contributed by atoms with Crippen molar-refractivity contribution in [3.8, 4) is 17.2 Å². The Morgan fingerprint density at radius 1 is 1.12 bits per heavy atom. The van der Waals surface area contributed by atoms with Crippen LogP contribution in [0.25, 0.3) is 0 Å². The fraction of sp³-hybridized carbons (Fsp3) is 0.263. The molecule has 0 spiro atoms. The van der Waals surface area contributed by atoms with E-state index in [2.05, 4.69) is 6.58 Å². The van der Waals surface area contributed by atoms with Crippen LogP contribution in [0.1, 0.15) is 11.1 Å². The van der Waals surface area contributed by atoms with Gasteiger partial charge in [-0.15, -0.1) is 0 Å². The summed E-state index contributed by atoms with van der Waals surface area (Å²) >= 11 is 0. The van der Waals surface area contributed by atoms with Crippen LogP contribution in [0.5, 0.6) is 17.2 Å². The topological polar surface area (TPSA) is 90.2 Å². The minimum Gasteiger partial charge on any atom is -0.508 e. The minimum absolute atomic E-state index is 0.0151. The summed E-state index contributed by atoms with van der Waals surface area (Å²) in [6, 6.07) is 11.3. The molecule has 0 aromatic heterocycles. The highest BCUT2D eigenvalue weighted by Gasteiger charge is 2.31. The van der Waals surface area contributed by atoms with Crippen LogP contribution in [0.2, 0.25) is 0 Å². The SMILES string of the molecule is C=C(Cc1ccc(O)cc1)C(O)(CO)Cc1ccc(OC)cc1O.